The van der Waals surface area contributed by atoms with Crippen LogP contribution in [-0.2, 0) is 7.05 Å². The van der Waals surface area contributed by atoms with Crippen molar-refractivity contribution in [3.63, 3.8) is 0 Å². The number of carbonyl (C=O) groups excluding carboxylic acids is 2. The van der Waals surface area contributed by atoms with Gasteiger partial charge in [-0.25, -0.2) is 4.79 Å². The van der Waals surface area contributed by atoms with Gasteiger partial charge in [-0.05, 0) is 24.3 Å². The third-order valence-electron chi connectivity index (χ3n) is 4.43. The summed E-state index contributed by atoms with van der Waals surface area (Å²) < 4.78 is 13.0. The van der Waals surface area contributed by atoms with Crippen LogP contribution in [0.5, 0.6) is 11.5 Å². The van der Waals surface area contributed by atoms with Gasteiger partial charge >= 0.3 is 6.09 Å². The van der Waals surface area contributed by atoms with Crippen molar-refractivity contribution in [3.05, 3.63) is 65.5 Å². The van der Waals surface area contributed by atoms with E-state index < -0.39 is 6.09 Å². The number of ketones is 1. The standard InChI is InChI=1S/C21H18N2O4/c1-22(2)21(25)26-14-8-9-16-18(11-14)27-19(20(16)24)10-13-12-23(3)17-7-5-4-6-15(13)17/h4-12H,1-3H3. The highest BCUT2D eigenvalue weighted by atomic mass is 16.6. The molecule has 6 nitrogen and oxygen atoms in total. The Bertz CT molecular complexity index is 1110. The summed E-state index contributed by atoms with van der Waals surface area (Å²) in [6.45, 7) is 0. The number of aromatic nitrogens is 1. The molecule has 27 heavy (non-hydrogen) atoms. The Morgan fingerprint density at radius 3 is 2.74 bits per heavy atom. The van der Waals surface area contributed by atoms with E-state index in [2.05, 4.69) is 0 Å². The highest BCUT2D eigenvalue weighted by Crippen LogP contribution is 2.35. The maximum atomic E-state index is 12.7. The highest BCUT2D eigenvalue weighted by molar-refractivity contribution is 6.15. The number of hydrogen-bond acceptors (Lipinski definition) is 4. The number of allylic oxidation sites excluding steroid dienone is 1. The first kappa shape index (κ1) is 16.9. The number of Topliss-reactive ketones (excluding diaryl/α,β-unsaturated/α-hetero) is 1. The van der Waals surface area contributed by atoms with Gasteiger partial charge in [0, 0.05) is 49.9 Å². The number of nitrogens with zero attached hydrogens (tertiary/aromatic N) is 2. The van der Waals surface area contributed by atoms with E-state index in [4.69, 9.17) is 9.47 Å². The lowest BCUT2D eigenvalue weighted by atomic mass is 10.1. The van der Waals surface area contributed by atoms with Gasteiger partial charge in [-0.2, -0.15) is 0 Å². The van der Waals surface area contributed by atoms with Crippen molar-refractivity contribution in [3.8, 4) is 11.5 Å². The molecular formula is C21H18N2O4. The van der Waals surface area contributed by atoms with Crippen LogP contribution >= 0.6 is 0 Å². The Morgan fingerprint density at radius 1 is 1.19 bits per heavy atom. The molecule has 0 spiro atoms. The highest BCUT2D eigenvalue weighted by Gasteiger charge is 2.28. The van der Waals surface area contributed by atoms with E-state index in [1.54, 1.807) is 38.4 Å². The van der Waals surface area contributed by atoms with Crippen molar-refractivity contribution >= 4 is 28.9 Å². The minimum atomic E-state index is -0.495. The van der Waals surface area contributed by atoms with E-state index in [-0.39, 0.29) is 11.5 Å². The maximum absolute atomic E-state index is 12.7. The van der Waals surface area contributed by atoms with Gasteiger partial charge in [0.15, 0.2) is 5.76 Å². The number of aryl methyl sites for hydroxylation is 1. The topological polar surface area (TPSA) is 60.8 Å². The monoisotopic (exact) mass is 362 g/mol. The number of fused-ring (bicyclic) bond motifs is 2. The summed E-state index contributed by atoms with van der Waals surface area (Å²) in [5.41, 5.74) is 2.43. The van der Waals surface area contributed by atoms with Gasteiger partial charge in [0.05, 0.1) is 5.56 Å². The van der Waals surface area contributed by atoms with Gasteiger partial charge in [-0.15, -0.1) is 0 Å². The maximum Gasteiger partial charge on any atom is 0.414 e. The molecule has 0 radical (unpaired) electrons. The van der Waals surface area contributed by atoms with Crippen LogP contribution in [0.3, 0.4) is 0 Å². The molecule has 3 aromatic rings. The molecule has 136 valence electrons. The van der Waals surface area contributed by atoms with Crippen LogP contribution in [0.25, 0.3) is 17.0 Å². The number of carbonyl (C=O) groups is 2. The molecule has 1 amide bonds. The van der Waals surface area contributed by atoms with Crippen LogP contribution < -0.4 is 9.47 Å². The summed E-state index contributed by atoms with van der Waals surface area (Å²) in [4.78, 5) is 25.7. The lowest BCUT2D eigenvalue weighted by Gasteiger charge is -2.10. The lowest BCUT2D eigenvalue weighted by Crippen LogP contribution is -2.25. The number of rotatable bonds is 2. The number of benzene rings is 2. The zero-order chi connectivity index (χ0) is 19.1. The molecule has 0 unspecified atom stereocenters. The zero-order valence-electron chi connectivity index (χ0n) is 15.2. The lowest BCUT2D eigenvalue weighted by molar-refractivity contribution is 0.101. The first-order valence-electron chi connectivity index (χ1n) is 8.45. The predicted octanol–water partition coefficient (Wildman–Crippen LogP) is 3.85. The van der Waals surface area contributed by atoms with Gasteiger partial charge < -0.3 is 18.9 Å². The third kappa shape index (κ3) is 2.95. The van der Waals surface area contributed by atoms with Crippen molar-refractivity contribution < 1.29 is 19.1 Å². The molecule has 1 aliphatic heterocycles. The number of ether oxygens (including phenoxy) is 2. The molecule has 0 saturated heterocycles. The molecule has 1 aromatic heterocycles. The van der Waals surface area contributed by atoms with Crippen LogP contribution in [0.15, 0.2) is 54.4 Å². The fraction of sp³-hybridized carbons (Fsp3) is 0.143. The summed E-state index contributed by atoms with van der Waals surface area (Å²) in [6, 6.07) is 12.7. The summed E-state index contributed by atoms with van der Waals surface area (Å²) in [5, 5.41) is 1.04. The fourth-order valence-corrected chi connectivity index (χ4v) is 3.05. The van der Waals surface area contributed by atoms with Crippen molar-refractivity contribution in [2.24, 2.45) is 7.05 Å². The van der Waals surface area contributed by atoms with Crippen LogP contribution in [0.4, 0.5) is 4.79 Å². The Hall–Kier alpha value is -3.54. The summed E-state index contributed by atoms with van der Waals surface area (Å²) in [5.74, 6) is 0.767. The van der Waals surface area contributed by atoms with Crippen molar-refractivity contribution in [2.45, 2.75) is 0 Å². The van der Waals surface area contributed by atoms with Gasteiger partial charge in [0.2, 0.25) is 5.78 Å². The minimum Gasteiger partial charge on any atom is -0.452 e. The molecule has 0 saturated carbocycles. The molecular weight excluding hydrogens is 344 g/mol. The number of hydrogen-bond donors (Lipinski definition) is 0. The molecule has 0 aliphatic carbocycles. The van der Waals surface area contributed by atoms with Crippen LogP contribution in [0.1, 0.15) is 15.9 Å². The Morgan fingerprint density at radius 2 is 1.96 bits per heavy atom. The zero-order valence-corrected chi connectivity index (χ0v) is 15.2. The normalized spacial score (nSPS) is 14.3. The van der Waals surface area contributed by atoms with Gasteiger partial charge in [0.25, 0.3) is 0 Å². The number of para-hydroxylation sites is 1. The smallest absolute Gasteiger partial charge is 0.414 e. The van der Waals surface area contributed by atoms with Gasteiger partial charge in [-0.3, -0.25) is 4.79 Å². The second-order valence-electron chi connectivity index (χ2n) is 6.57. The second kappa shape index (κ2) is 6.32. The average Bonchev–Trinajstić information content (AvgIpc) is 3.13. The summed E-state index contributed by atoms with van der Waals surface area (Å²) >= 11 is 0. The molecule has 2 aromatic carbocycles. The summed E-state index contributed by atoms with van der Waals surface area (Å²) in [7, 11) is 5.16. The van der Waals surface area contributed by atoms with E-state index in [0.29, 0.717) is 17.1 Å². The quantitative estimate of drug-likeness (QED) is 0.650. The molecule has 0 fully saturated rings. The molecule has 6 heteroatoms. The SMILES string of the molecule is CN(C)C(=O)Oc1ccc2c(c1)OC(=Cc1cn(C)c3ccccc13)C2=O. The van der Waals surface area contributed by atoms with Crippen molar-refractivity contribution in [2.75, 3.05) is 14.1 Å². The number of amides is 1. The largest absolute Gasteiger partial charge is 0.452 e. The second-order valence-corrected chi connectivity index (χ2v) is 6.57. The van der Waals surface area contributed by atoms with Crippen molar-refractivity contribution in [1.82, 2.24) is 9.47 Å². The predicted molar refractivity (Wildman–Crippen MR) is 102 cm³/mol. The summed E-state index contributed by atoms with van der Waals surface area (Å²) in [6.07, 6.45) is 3.21. The molecule has 0 N–H and O–H groups in total. The molecule has 4 rings (SSSR count). The Balaban J connectivity index is 1.67. The van der Waals surface area contributed by atoms with E-state index in [1.807, 2.05) is 42.1 Å². The first-order valence-corrected chi connectivity index (χ1v) is 8.45. The van der Waals surface area contributed by atoms with Crippen LogP contribution in [0, 0.1) is 0 Å². The van der Waals surface area contributed by atoms with Crippen LogP contribution in [0.2, 0.25) is 0 Å². The third-order valence-corrected chi connectivity index (χ3v) is 4.43. The Labute approximate surface area is 156 Å². The van der Waals surface area contributed by atoms with E-state index >= 15 is 0 Å². The minimum absolute atomic E-state index is 0.191. The van der Waals surface area contributed by atoms with Gasteiger partial charge in [-0.1, -0.05) is 18.2 Å². The van der Waals surface area contributed by atoms with Crippen molar-refractivity contribution in [1.29, 1.82) is 0 Å². The molecule has 0 atom stereocenters. The fourth-order valence-electron chi connectivity index (χ4n) is 3.05. The average molecular weight is 362 g/mol. The van der Waals surface area contributed by atoms with Gasteiger partial charge in [0.1, 0.15) is 11.5 Å². The Kier molecular flexibility index (Phi) is 3.96. The first-order chi connectivity index (χ1) is 12.9. The van der Waals surface area contributed by atoms with E-state index in [9.17, 15) is 9.59 Å². The van der Waals surface area contributed by atoms with Crippen LogP contribution in [-0.4, -0.2) is 35.4 Å². The van der Waals surface area contributed by atoms with E-state index in [1.165, 1.54) is 4.90 Å². The molecule has 2 heterocycles. The molecule has 0 bridgehead atoms. The molecule has 1 aliphatic rings. The van der Waals surface area contributed by atoms with E-state index in [0.717, 1.165) is 16.5 Å².